The van der Waals surface area contributed by atoms with E-state index >= 15 is 0 Å². The summed E-state index contributed by atoms with van der Waals surface area (Å²) in [6.45, 7) is 2.73. The second-order valence-electron chi connectivity index (χ2n) is 5.04. The van der Waals surface area contributed by atoms with Crippen molar-refractivity contribution in [2.24, 2.45) is 0 Å². The van der Waals surface area contributed by atoms with Gasteiger partial charge in [0.1, 0.15) is 0 Å². The molecule has 0 bridgehead atoms. The first-order valence-corrected chi connectivity index (χ1v) is 9.17. The fourth-order valence-corrected chi connectivity index (χ4v) is 3.67. The number of carbonyl (C=O) groups is 1. The zero-order chi connectivity index (χ0) is 15.4. The smallest absolute Gasteiger partial charge is 0.220 e. The van der Waals surface area contributed by atoms with Gasteiger partial charge in [-0.2, -0.15) is 4.98 Å². The molecule has 7 heteroatoms. The number of aromatic nitrogens is 3. The molecule has 1 N–H and O–H groups in total. The third-order valence-electron chi connectivity index (χ3n) is 3.35. The second-order valence-corrected chi connectivity index (χ2v) is 6.82. The lowest BCUT2D eigenvalue weighted by Crippen LogP contribution is -2.25. The summed E-state index contributed by atoms with van der Waals surface area (Å²) >= 11 is 3.23. The van der Waals surface area contributed by atoms with Crippen LogP contribution in [0.25, 0.3) is 15.7 Å². The van der Waals surface area contributed by atoms with E-state index in [1.807, 2.05) is 22.0 Å². The van der Waals surface area contributed by atoms with Crippen molar-refractivity contribution in [3.05, 3.63) is 28.6 Å². The number of hydrogen-bond acceptors (Lipinski definition) is 5. The van der Waals surface area contributed by atoms with Crippen LogP contribution in [0.15, 0.2) is 22.9 Å². The molecular weight excluding hydrogens is 316 g/mol. The van der Waals surface area contributed by atoms with Gasteiger partial charge < -0.3 is 5.32 Å². The van der Waals surface area contributed by atoms with Crippen molar-refractivity contribution in [1.82, 2.24) is 19.9 Å². The van der Waals surface area contributed by atoms with Crippen molar-refractivity contribution in [3.8, 4) is 10.7 Å². The number of thiophene rings is 1. The molecule has 0 spiro atoms. The molecule has 3 aromatic rings. The van der Waals surface area contributed by atoms with Crippen LogP contribution in [-0.4, -0.2) is 27.0 Å². The number of rotatable bonds is 7. The molecule has 5 nitrogen and oxygen atoms in total. The van der Waals surface area contributed by atoms with Crippen LogP contribution in [0.5, 0.6) is 0 Å². The van der Waals surface area contributed by atoms with Crippen molar-refractivity contribution in [1.29, 1.82) is 0 Å². The Hall–Kier alpha value is -1.73. The Balaban J connectivity index is 1.63. The number of amides is 1. The van der Waals surface area contributed by atoms with Gasteiger partial charge in [-0.15, -0.1) is 27.8 Å². The van der Waals surface area contributed by atoms with Crippen molar-refractivity contribution in [2.45, 2.75) is 32.6 Å². The van der Waals surface area contributed by atoms with Crippen molar-refractivity contribution < 1.29 is 4.79 Å². The van der Waals surface area contributed by atoms with E-state index < -0.39 is 0 Å². The first kappa shape index (κ1) is 15.2. The molecule has 116 valence electrons. The summed E-state index contributed by atoms with van der Waals surface area (Å²) in [4.78, 5) is 18.1. The summed E-state index contributed by atoms with van der Waals surface area (Å²) in [5.41, 5.74) is 1.09. The van der Waals surface area contributed by atoms with Gasteiger partial charge in [0.15, 0.2) is 5.82 Å². The molecule has 3 heterocycles. The lowest BCUT2D eigenvalue weighted by molar-refractivity contribution is -0.121. The Morgan fingerprint density at radius 3 is 3.09 bits per heavy atom. The van der Waals surface area contributed by atoms with Crippen molar-refractivity contribution in [2.75, 3.05) is 6.54 Å². The monoisotopic (exact) mass is 334 g/mol. The largest absolute Gasteiger partial charge is 0.356 e. The highest BCUT2D eigenvalue weighted by Gasteiger charge is 2.12. The van der Waals surface area contributed by atoms with E-state index in [0.717, 1.165) is 40.6 Å². The van der Waals surface area contributed by atoms with Gasteiger partial charge >= 0.3 is 0 Å². The van der Waals surface area contributed by atoms with E-state index in [2.05, 4.69) is 27.7 Å². The number of nitrogens with one attached hydrogen (secondary N) is 1. The normalized spacial score (nSPS) is 11.1. The maximum absolute atomic E-state index is 11.6. The minimum Gasteiger partial charge on any atom is -0.356 e. The Labute approximate surface area is 137 Å². The summed E-state index contributed by atoms with van der Waals surface area (Å²) in [6.07, 6.45) is 3.37. The average Bonchev–Trinajstić information content (AvgIpc) is 3.21. The topological polar surface area (TPSA) is 59.3 Å². The molecule has 0 atom stereocenters. The van der Waals surface area contributed by atoms with Gasteiger partial charge in [0.25, 0.3) is 0 Å². The van der Waals surface area contributed by atoms with E-state index in [-0.39, 0.29) is 5.91 Å². The van der Waals surface area contributed by atoms with Gasteiger partial charge in [-0.25, -0.2) is 4.52 Å². The van der Waals surface area contributed by atoms with E-state index in [1.54, 1.807) is 22.7 Å². The van der Waals surface area contributed by atoms with Crippen LogP contribution in [0.4, 0.5) is 0 Å². The predicted molar refractivity (Wildman–Crippen MR) is 90.4 cm³/mol. The fraction of sp³-hybridized carbons (Fsp3) is 0.400. The van der Waals surface area contributed by atoms with Gasteiger partial charge in [0.05, 0.1) is 10.6 Å². The van der Waals surface area contributed by atoms with Gasteiger partial charge in [0, 0.05) is 24.8 Å². The van der Waals surface area contributed by atoms with Crippen LogP contribution >= 0.6 is 22.7 Å². The minimum atomic E-state index is 0.131. The van der Waals surface area contributed by atoms with Crippen LogP contribution < -0.4 is 5.32 Å². The highest BCUT2D eigenvalue weighted by Crippen LogP contribution is 2.24. The summed E-state index contributed by atoms with van der Waals surface area (Å²) < 4.78 is 1.89. The zero-order valence-corrected chi connectivity index (χ0v) is 14.0. The molecule has 0 unspecified atom stereocenters. The van der Waals surface area contributed by atoms with Crippen molar-refractivity contribution >= 4 is 33.5 Å². The summed E-state index contributed by atoms with van der Waals surface area (Å²) in [5, 5.41) is 11.6. The van der Waals surface area contributed by atoms with Crippen LogP contribution in [0.3, 0.4) is 0 Å². The van der Waals surface area contributed by atoms with Crippen LogP contribution in [0.1, 0.15) is 31.9 Å². The second kappa shape index (κ2) is 7.02. The standard InChI is InChI=1S/C15H18N4OS2/c1-2-3-6-13(20)16-8-7-11-10-22-15-17-14(18-19(11)15)12-5-4-9-21-12/h4-5,9-10H,2-3,6-8H2,1H3,(H,16,20). The van der Waals surface area contributed by atoms with E-state index in [0.29, 0.717) is 13.0 Å². The molecule has 0 aromatic carbocycles. The van der Waals surface area contributed by atoms with Crippen molar-refractivity contribution in [3.63, 3.8) is 0 Å². The molecule has 3 rings (SSSR count). The number of hydrogen-bond donors (Lipinski definition) is 1. The molecule has 0 fully saturated rings. The zero-order valence-electron chi connectivity index (χ0n) is 12.4. The maximum Gasteiger partial charge on any atom is 0.220 e. The van der Waals surface area contributed by atoms with Gasteiger partial charge in [-0.1, -0.05) is 19.4 Å². The fourth-order valence-electron chi connectivity index (χ4n) is 2.16. The summed E-state index contributed by atoms with van der Waals surface area (Å²) in [7, 11) is 0. The van der Waals surface area contributed by atoms with E-state index in [4.69, 9.17) is 0 Å². The van der Waals surface area contributed by atoms with Gasteiger partial charge in [-0.3, -0.25) is 4.79 Å². The molecule has 0 aliphatic heterocycles. The number of thiazole rings is 1. The molecule has 0 aliphatic rings. The molecule has 1 amide bonds. The Morgan fingerprint density at radius 2 is 2.32 bits per heavy atom. The molecule has 22 heavy (non-hydrogen) atoms. The Bertz CT molecular complexity index is 745. The third-order valence-corrected chi connectivity index (χ3v) is 5.08. The summed E-state index contributed by atoms with van der Waals surface area (Å²) in [6, 6.07) is 4.03. The van der Waals surface area contributed by atoms with Crippen LogP contribution in [0, 0.1) is 0 Å². The van der Waals surface area contributed by atoms with E-state index in [9.17, 15) is 4.79 Å². The minimum absolute atomic E-state index is 0.131. The molecular formula is C15H18N4OS2. The average molecular weight is 334 g/mol. The number of unbranched alkanes of at least 4 members (excludes halogenated alkanes) is 1. The third kappa shape index (κ3) is 3.36. The highest BCUT2D eigenvalue weighted by atomic mass is 32.1. The first-order valence-electron chi connectivity index (χ1n) is 7.41. The molecule has 3 aromatic heterocycles. The quantitative estimate of drug-likeness (QED) is 0.721. The van der Waals surface area contributed by atoms with Gasteiger partial charge in [-0.05, 0) is 17.9 Å². The number of carbonyl (C=O) groups excluding carboxylic acids is 1. The highest BCUT2D eigenvalue weighted by molar-refractivity contribution is 7.15. The van der Waals surface area contributed by atoms with Crippen LogP contribution in [-0.2, 0) is 11.2 Å². The lowest BCUT2D eigenvalue weighted by Gasteiger charge is -2.03. The predicted octanol–water partition coefficient (Wildman–Crippen LogP) is 3.37. The van der Waals surface area contributed by atoms with Gasteiger partial charge in [0.2, 0.25) is 10.9 Å². The summed E-state index contributed by atoms with van der Waals surface area (Å²) in [5.74, 6) is 0.904. The number of nitrogens with zero attached hydrogens (tertiary/aromatic N) is 3. The molecule has 0 saturated heterocycles. The maximum atomic E-state index is 11.6. The molecule has 0 radical (unpaired) electrons. The van der Waals surface area contributed by atoms with Crippen LogP contribution in [0.2, 0.25) is 0 Å². The van der Waals surface area contributed by atoms with E-state index in [1.165, 1.54) is 0 Å². The Morgan fingerprint density at radius 1 is 1.41 bits per heavy atom. The lowest BCUT2D eigenvalue weighted by atomic mass is 10.2. The number of fused-ring (bicyclic) bond motifs is 1. The molecule has 0 aliphatic carbocycles. The Kier molecular flexibility index (Phi) is 4.84. The molecule has 0 saturated carbocycles. The SMILES string of the molecule is CCCCC(=O)NCCc1csc2nc(-c3cccs3)nn12. The first-order chi connectivity index (χ1) is 10.8.